The lowest BCUT2D eigenvalue weighted by Crippen LogP contribution is -2.19. The zero-order valence-corrected chi connectivity index (χ0v) is 9.17. The van der Waals surface area contributed by atoms with Crippen LogP contribution < -0.4 is 4.74 Å². The second-order valence-corrected chi connectivity index (χ2v) is 3.25. The first-order chi connectivity index (χ1) is 7.76. The molecular formula is C8H6ClF3N2O3. The SMILES string of the molecule is Cc1c(CCl)ncc([N+](=O)[O-])c1OC(F)(F)F. The van der Waals surface area contributed by atoms with Crippen LogP contribution in [-0.2, 0) is 5.88 Å². The van der Waals surface area contributed by atoms with Crippen molar-refractivity contribution in [3.05, 3.63) is 27.6 Å². The maximum Gasteiger partial charge on any atom is 0.573 e. The average Bonchev–Trinajstić information content (AvgIpc) is 2.18. The number of pyridine rings is 1. The van der Waals surface area contributed by atoms with Gasteiger partial charge in [-0.05, 0) is 6.92 Å². The third-order valence-electron chi connectivity index (χ3n) is 1.89. The van der Waals surface area contributed by atoms with E-state index in [0.29, 0.717) is 6.20 Å². The van der Waals surface area contributed by atoms with E-state index in [9.17, 15) is 23.3 Å². The molecule has 0 N–H and O–H groups in total. The van der Waals surface area contributed by atoms with Gasteiger partial charge in [-0.2, -0.15) is 0 Å². The molecule has 1 aromatic rings. The Morgan fingerprint density at radius 3 is 2.59 bits per heavy atom. The molecule has 0 unspecified atom stereocenters. The second-order valence-electron chi connectivity index (χ2n) is 2.98. The molecule has 0 atom stereocenters. The minimum absolute atomic E-state index is 0.0940. The predicted octanol–water partition coefficient (Wildman–Crippen LogP) is 2.94. The van der Waals surface area contributed by atoms with Gasteiger partial charge in [0.1, 0.15) is 6.20 Å². The highest BCUT2D eigenvalue weighted by Crippen LogP contribution is 2.35. The number of rotatable bonds is 3. The van der Waals surface area contributed by atoms with Crippen molar-refractivity contribution in [2.75, 3.05) is 0 Å². The summed E-state index contributed by atoms with van der Waals surface area (Å²) in [5.74, 6) is -1.05. The van der Waals surface area contributed by atoms with Crippen LogP contribution in [0.15, 0.2) is 6.20 Å². The second kappa shape index (κ2) is 4.74. The molecule has 0 saturated carbocycles. The van der Waals surface area contributed by atoms with Crippen molar-refractivity contribution in [1.29, 1.82) is 0 Å². The molecule has 0 radical (unpaired) electrons. The van der Waals surface area contributed by atoms with Crippen molar-refractivity contribution >= 4 is 17.3 Å². The van der Waals surface area contributed by atoms with E-state index in [4.69, 9.17) is 11.6 Å². The molecule has 0 amide bonds. The minimum atomic E-state index is -5.01. The summed E-state index contributed by atoms with van der Waals surface area (Å²) in [4.78, 5) is 13.1. The summed E-state index contributed by atoms with van der Waals surface area (Å²) in [5, 5.41) is 10.5. The van der Waals surface area contributed by atoms with Gasteiger partial charge in [0, 0.05) is 5.56 Å². The lowest BCUT2D eigenvalue weighted by Gasteiger charge is -2.12. The van der Waals surface area contributed by atoms with Crippen molar-refractivity contribution in [1.82, 2.24) is 4.98 Å². The summed E-state index contributed by atoms with van der Waals surface area (Å²) in [6, 6.07) is 0. The van der Waals surface area contributed by atoms with Crippen LogP contribution in [0.3, 0.4) is 0 Å². The Morgan fingerprint density at radius 1 is 1.59 bits per heavy atom. The van der Waals surface area contributed by atoms with Gasteiger partial charge in [-0.15, -0.1) is 24.8 Å². The zero-order valence-electron chi connectivity index (χ0n) is 8.42. The quantitative estimate of drug-likeness (QED) is 0.481. The molecule has 1 rings (SSSR count). The molecule has 0 saturated heterocycles. The maximum absolute atomic E-state index is 12.1. The summed E-state index contributed by atoms with van der Waals surface area (Å²) in [6.07, 6.45) is -4.33. The first-order valence-electron chi connectivity index (χ1n) is 4.21. The van der Waals surface area contributed by atoms with E-state index >= 15 is 0 Å². The van der Waals surface area contributed by atoms with Gasteiger partial charge in [0.15, 0.2) is 0 Å². The van der Waals surface area contributed by atoms with Crippen LogP contribution in [0.1, 0.15) is 11.3 Å². The Morgan fingerprint density at radius 2 is 2.18 bits per heavy atom. The van der Waals surface area contributed by atoms with E-state index in [-0.39, 0.29) is 17.1 Å². The number of ether oxygens (including phenoxy) is 1. The van der Waals surface area contributed by atoms with Crippen LogP contribution in [0.2, 0.25) is 0 Å². The molecule has 0 aliphatic rings. The molecule has 0 aliphatic carbocycles. The molecule has 0 aliphatic heterocycles. The third kappa shape index (κ3) is 3.19. The molecule has 0 fully saturated rings. The standard InChI is InChI=1S/C8H6ClF3N2O3/c1-4-5(2-9)13-3-6(14(15)16)7(4)17-8(10,11)12/h3H,2H2,1H3. The summed E-state index contributed by atoms with van der Waals surface area (Å²) in [5.41, 5.74) is -0.864. The Labute approximate surface area is 98.3 Å². The average molecular weight is 271 g/mol. The van der Waals surface area contributed by atoms with Gasteiger partial charge in [0.05, 0.1) is 16.5 Å². The molecule has 1 aromatic heterocycles. The summed E-state index contributed by atoms with van der Waals surface area (Å²) < 4.78 is 39.9. The van der Waals surface area contributed by atoms with Crippen molar-refractivity contribution in [3.8, 4) is 5.75 Å². The van der Waals surface area contributed by atoms with Gasteiger partial charge in [-0.1, -0.05) is 0 Å². The molecule has 5 nitrogen and oxygen atoms in total. The van der Waals surface area contributed by atoms with Crippen LogP contribution >= 0.6 is 11.6 Å². The molecule has 9 heteroatoms. The summed E-state index contributed by atoms with van der Waals surface area (Å²) in [7, 11) is 0. The predicted molar refractivity (Wildman–Crippen MR) is 51.9 cm³/mol. The summed E-state index contributed by atoms with van der Waals surface area (Å²) >= 11 is 5.44. The molecule has 17 heavy (non-hydrogen) atoms. The number of nitro groups is 1. The molecule has 94 valence electrons. The van der Waals surface area contributed by atoms with Crippen LogP contribution in [0.25, 0.3) is 0 Å². The Hall–Kier alpha value is -1.57. The fourth-order valence-corrected chi connectivity index (χ4v) is 1.40. The lowest BCUT2D eigenvalue weighted by molar-refractivity contribution is -0.389. The molecule has 0 aromatic carbocycles. The van der Waals surface area contributed by atoms with Gasteiger partial charge in [0.25, 0.3) is 0 Å². The van der Waals surface area contributed by atoms with Gasteiger partial charge >= 0.3 is 12.0 Å². The molecule has 0 spiro atoms. The number of nitrogens with zero attached hydrogens (tertiary/aromatic N) is 2. The normalized spacial score (nSPS) is 11.4. The topological polar surface area (TPSA) is 65.3 Å². The molecular weight excluding hydrogens is 265 g/mol. The Bertz CT molecular complexity index is 450. The monoisotopic (exact) mass is 270 g/mol. The highest BCUT2D eigenvalue weighted by atomic mass is 35.5. The first-order valence-corrected chi connectivity index (χ1v) is 4.74. The van der Waals surface area contributed by atoms with Crippen LogP contribution in [-0.4, -0.2) is 16.3 Å². The largest absolute Gasteiger partial charge is 0.573 e. The van der Waals surface area contributed by atoms with Crippen LogP contribution in [0.5, 0.6) is 5.75 Å². The van der Waals surface area contributed by atoms with Crippen molar-refractivity contribution in [3.63, 3.8) is 0 Å². The molecule has 1 heterocycles. The highest BCUT2D eigenvalue weighted by Gasteiger charge is 2.36. The smallest absolute Gasteiger partial charge is 0.398 e. The van der Waals surface area contributed by atoms with E-state index in [1.165, 1.54) is 6.92 Å². The Kier molecular flexibility index (Phi) is 3.76. The van der Waals surface area contributed by atoms with E-state index in [1.807, 2.05) is 0 Å². The van der Waals surface area contributed by atoms with E-state index in [2.05, 4.69) is 9.72 Å². The van der Waals surface area contributed by atoms with Crippen LogP contribution in [0.4, 0.5) is 18.9 Å². The Balaban J connectivity index is 3.35. The lowest BCUT2D eigenvalue weighted by atomic mass is 10.2. The number of alkyl halides is 4. The molecule has 0 bridgehead atoms. The van der Waals surface area contributed by atoms with E-state index in [0.717, 1.165) is 0 Å². The van der Waals surface area contributed by atoms with Crippen molar-refractivity contribution in [2.24, 2.45) is 0 Å². The highest BCUT2D eigenvalue weighted by molar-refractivity contribution is 6.17. The van der Waals surface area contributed by atoms with Crippen LogP contribution in [0, 0.1) is 17.0 Å². The van der Waals surface area contributed by atoms with Crippen molar-refractivity contribution in [2.45, 2.75) is 19.2 Å². The number of hydrogen-bond acceptors (Lipinski definition) is 4. The van der Waals surface area contributed by atoms with Gasteiger partial charge < -0.3 is 4.74 Å². The first kappa shape index (κ1) is 13.5. The van der Waals surface area contributed by atoms with E-state index in [1.54, 1.807) is 0 Å². The van der Waals surface area contributed by atoms with Gasteiger partial charge in [0.2, 0.25) is 5.75 Å². The zero-order chi connectivity index (χ0) is 13.2. The number of hydrogen-bond donors (Lipinski definition) is 0. The number of aromatic nitrogens is 1. The third-order valence-corrected chi connectivity index (χ3v) is 2.14. The van der Waals surface area contributed by atoms with Crippen molar-refractivity contribution < 1.29 is 22.8 Å². The summed E-state index contributed by atoms with van der Waals surface area (Å²) in [6.45, 7) is 1.22. The minimum Gasteiger partial charge on any atom is -0.398 e. The fourth-order valence-electron chi connectivity index (χ4n) is 1.13. The maximum atomic E-state index is 12.1. The van der Waals surface area contributed by atoms with E-state index < -0.39 is 22.7 Å². The van der Waals surface area contributed by atoms with Gasteiger partial charge in [-0.3, -0.25) is 15.1 Å². The van der Waals surface area contributed by atoms with Gasteiger partial charge in [-0.25, -0.2) is 0 Å². The number of halogens is 4. The fraction of sp³-hybridized carbons (Fsp3) is 0.375.